The molecule has 98 valence electrons. The molecule has 2 aromatic rings. The number of benzene rings is 2. The normalized spacial score (nSPS) is 12.8. The first kappa shape index (κ1) is 12.4. The van der Waals surface area contributed by atoms with Crippen LogP contribution in [0.1, 0.15) is 33.5 Å². The zero-order valence-corrected chi connectivity index (χ0v) is 10.9. The molecule has 3 heteroatoms. The van der Waals surface area contributed by atoms with Crippen LogP contribution in [-0.4, -0.2) is 5.78 Å². The Labute approximate surface area is 117 Å². The number of ketones is 1. The van der Waals surface area contributed by atoms with Crippen molar-refractivity contribution in [1.29, 1.82) is 5.26 Å². The molecule has 1 aliphatic carbocycles. The van der Waals surface area contributed by atoms with Crippen LogP contribution in [0.15, 0.2) is 42.5 Å². The lowest BCUT2D eigenvalue weighted by Crippen LogP contribution is -1.99. The summed E-state index contributed by atoms with van der Waals surface area (Å²) in [7, 11) is 0. The summed E-state index contributed by atoms with van der Waals surface area (Å²) in [6.45, 7) is 0.441. The zero-order valence-electron chi connectivity index (χ0n) is 10.9. The number of hydrogen-bond donors (Lipinski definition) is 0. The molecule has 0 amide bonds. The van der Waals surface area contributed by atoms with Crippen LogP contribution in [0.25, 0.3) is 0 Å². The summed E-state index contributed by atoms with van der Waals surface area (Å²) in [5.41, 5.74) is 3.46. The molecule has 0 aliphatic heterocycles. The predicted octanol–water partition coefficient (Wildman–Crippen LogP) is 3.27. The molecule has 0 N–H and O–H groups in total. The van der Waals surface area contributed by atoms with Crippen molar-refractivity contribution in [2.75, 3.05) is 0 Å². The van der Waals surface area contributed by atoms with Crippen LogP contribution in [0.4, 0.5) is 0 Å². The maximum absolute atomic E-state index is 11.7. The fourth-order valence-electron chi connectivity index (χ4n) is 2.43. The van der Waals surface area contributed by atoms with Gasteiger partial charge in [0.1, 0.15) is 12.4 Å². The van der Waals surface area contributed by atoms with Crippen LogP contribution >= 0.6 is 0 Å². The maximum Gasteiger partial charge on any atom is 0.163 e. The third kappa shape index (κ3) is 2.28. The van der Waals surface area contributed by atoms with Gasteiger partial charge in [0.25, 0.3) is 0 Å². The molecule has 0 saturated heterocycles. The number of hydrogen-bond acceptors (Lipinski definition) is 3. The van der Waals surface area contributed by atoms with Crippen molar-refractivity contribution in [2.45, 2.75) is 19.4 Å². The van der Waals surface area contributed by atoms with Crippen molar-refractivity contribution >= 4 is 5.78 Å². The molecule has 1 aliphatic rings. The van der Waals surface area contributed by atoms with Crippen LogP contribution in [0, 0.1) is 11.3 Å². The zero-order chi connectivity index (χ0) is 13.9. The standard InChI is InChI=1S/C17H13NO2/c18-10-12-4-6-13(7-5-12)11-20-17-3-1-2-14-15(17)8-9-16(14)19/h1-7H,8-9,11H2. The Kier molecular flexibility index (Phi) is 3.22. The van der Waals surface area contributed by atoms with Crippen molar-refractivity contribution < 1.29 is 9.53 Å². The van der Waals surface area contributed by atoms with Gasteiger partial charge in [-0.2, -0.15) is 5.26 Å². The second-order valence-corrected chi connectivity index (χ2v) is 4.80. The molecule has 3 rings (SSSR count). The molecule has 0 atom stereocenters. The van der Waals surface area contributed by atoms with E-state index >= 15 is 0 Å². The SMILES string of the molecule is N#Cc1ccc(COc2cccc3c2CCC3=O)cc1. The van der Waals surface area contributed by atoms with Crippen molar-refractivity contribution in [1.82, 2.24) is 0 Å². The molecule has 0 spiro atoms. The Balaban J connectivity index is 1.76. The summed E-state index contributed by atoms with van der Waals surface area (Å²) in [5.74, 6) is 0.988. The molecule has 0 fully saturated rings. The molecule has 0 saturated carbocycles. The van der Waals surface area contributed by atoms with Crippen molar-refractivity contribution in [3.05, 3.63) is 64.7 Å². The number of fused-ring (bicyclic) bond motifs is 1. The minimum atomic E-state index is 0.198. The van der Waals surface area contributed by atoms with E-state index in [1.165, 1.54) is 0 Å². The summed E-state index contributed by atoms with van der Waals surface area (Å²) >= 11 is 0. The number of ether oxygens (including phenoxy) is 1. The summed E-state index contributed by atoms with van der Waals surface area (Å²) in [4.78, 5) is 11.7. The second kappa shape index (κ2) is 5.18. The predicted molar refractivity (Wildman–Crippen MR) is 74.6 cm³/mol. The molecule has 2 aromatic carbocycles. The Morgan fingerprint density at radius 3 is 2.65 bits per heavy atom. The van der Waals surface area contributed by atoms with Gasteiger partial charge in [0.05, 0.1) is 11.6 Å². The highest BCUT2D eigenvalue weighted by Crippen LogP contribution is 2.30. The van der Waals surface area contributed by atoms with E-state index in [2.05, 4.69) is 6.07 Å². The van der Waals surface area contributed by atoms with E-state index in [-0.39, 0.29) is 5.78 Å². The lowest BCUT2D eigenvalue weighted by atomic mass is 10.1. The highest BCUT2D eigenvalue weighted by molar-refractivity contribution is 6.01. The largest absolute Gasteiger partial charge is 0.489 e. The van der Waals surface area contributed by atoms with E-state index in [0.29, 0.717) is 18.6 Å². The van der Waals surface area contributed by atoms with Gasteiger partial charge in [0, 0.05) is 17.5 Å². The molecular formula is C17H13NO2. The van der Waals surface area contributed by atoms with E-state index in [4.69, 9.17) is 10.00 Å². The van der Waals surface area contributed by atoms with Gasteiger partial charge in [-0.15, -0.1) is 0 Å². The van der Waals surface area contributed by atoms with E-state index < -0.39 is 0 Å². The molecule has 0 aromatic heterocycles. The third-order valence-corrected chi connectivity index (χ3v) is 3.51. The molecule has 0 radical (unpaired) electrons. The fourth-order valence-corrected chi connectivity index (χ4v) is 2.43. The molecule has 0 unspecified atom stereocenters. The van der Waals surface area contributed by atoms with E-state index in [1.807, 2.05) is 30.3 Å². The van der Waals surface area contributed by atoms with Gasteiger partial charge in [-0.05, 0) is 30.2 Å². The minimum Gasteiger partial charge on any atom is -0.489 e. The van der Waals surface area contributed by atoms with Gasteiger partial charge in [0.2, 0.25) is 0 Å². The van der Waals surface area contributed by atoms with Crippen LogP contribution in [0.2, 0.25) is 0 Å². The smallest absolute Gasteiger partial charge is 0.163 e. The first-order valence-electron chi connectivity index (χ1n) is 6.55. The first-order chi connectivity index (χ1) is 9.78. The number of nitriles is 1. The molecular weight excluding hydrogens is 250 g/mol. The minimum absolute atomic E-state index is 0.198. The molecule has 20 heavy (non-hydrogen) atoms. The topological polar surface area (TPSA) is 50.1 Å². The van der Waals surface area contributed by atoms with Crippen LogP contribution < -0.4 is 4.74 Å². The van der Waals surface area contributed by atoms with Crippen LogP contribution in [-0.2, 0) is 13.0 Å². The third-order valence-electron chi connectivity index (χ3n) is 3.51. The summed E-state index contributed by atoms with van der Waals surface area (Å²) in [5, 5.41) is 8.75. The van der Waals surface area contributed by atoms with Crippen molar-refractivity contribution in [3.63, 3.8) is 0 Å². The highest BCUT2D eigenvalue weighted by atomic mass is 16.5. The van der Waals surface area contributed by atoms with E-state index in [1.54, 1.807) is 12.1 Å². The Bertz CT molecular complexity index is 696. The summed E-state index contributed by atoms with van der Waals surface area (Å²) in [6, 6.07) is 15.0. The Morgan fingerprint density at radius 1 is 1.10 bits per heavy atom. The van der Waals surface area contributed by atoms with Gasteiger partial charge in [-0.3, -0.25) is 4.79 Å². The fraction of sp³-hybridized carbons (Fsp3) is 0.176. The summed E-state index contributed by atoms with van der Waals surface area (Å²) in [6.07, 6.45) is 1.34. The lowest BCUT2D eigenvalue weighted by molar-refractivity contribution is 0.0994. The number of carbonyl (C=O) groups is 1. The van der Waals surface area contributed by atoms with Gasteiger partial charge >= 0.3 is 0 Å². The van der Waals surface area contributed by atoms with E-state index in [0.717, 1.165) is 28.9 Å². The number of carbonyl (C=O) groups excluding carboxylic acids is 1. The maximum atomic E-state index is 11.7. The molecule has 3 nitrogen and oxygen atoms in total. The average molecular weight is 263 g/mol. The highest BCUT2D eigenvalue weighted by Gasteiger charge is 2.22. The van der Waals surface area contributed by atoms with E-state index in [9.17, 15) is 4.79 Å². The number of nitrogens with zero attached hydrogens (tertiary/aromatic N) is 1. The molecule has 0 heterocycles. The van der Waals surface area contributed by atoms with Crippen LogP contribution in [0.5, 0.6) is 5.75 Å². The number of Topliss-reactive ketones (excluding diaryl/α,β-unsaturated/α-hetero) is 1. The monoisotopic (exact) mass is 263 g/mol. The number of rotatable bonds is 3. The first-order valence-corrected chi connectivity index (χ1v) is 6.55. The Hall–Kier alpha value is -2.60. The quantitative estimate of drug-likeness (QED) is 0.854. The van der Waals surface area contributed by atoms with Gasteiger partial charge in [-0.25, -0.2) is 0 Å². The lowest BCUT2D eigenvalue weighted by Gasteiger charge is -2.10. The van der Waals surface area contributed by atoms with Gasteiger partial charge < -0.3 is 4.74 Å². The second-order valence-electron chi connectivity index (χ2n) is 4.80. The van der Waals surface area contributed by atoms with Crippen LogP contribution in [0.3, 0.4) is 0 Å². The Morgan fingerprint density at radius 2 is 1.90 bits per heavy atom. The van der Waals surface area contributed by atoms with Crippen molar-refractivity contribution in [3.8, 4) is 11.8 Å². The average Bonchev–Trinajstić information content (AvgIpc) is 2.88. The molecule has 0 bridgehead atoms. The van der Waals surface area contributed by atoms with Gasteiger partial charge in [-0.1, -0.05) is 24.3 Å². The van der Waals surface area contributed by atoms with Crippen molar-refractivity contribution in [2.24, 2.45) is 0 Å². The van der Waals surface area contributed by atoms with Gasteiger partial charge in [0.15, 0.2) is 5.78 Å². The summed E-state index contributed by atoms with van der Waals surface area (Å²) < 4.78 is 5.82.